The number of tetrazole rings is 1. The van der Waals surface area contributed by atoms with Crippen LogP contribution in [0.25, 0.3) is 11.4 Å². The fourth-order valence-corrected chi connectivity index (χ4v) is 7.68. The first kappa shape index (κ1) is 35.3. The number of alkyl carbamates (subject to hydrolysis) is 1. The molecule has 2 N–H and O–H groups in total. The molecular weight excluding hydrogens is 662 g/mol. The second kappa shape index (κ2) is 16.1. The molecule has 2 saturated carbocycles. The van der Waals surface area contributed by atoms with Crippen molar-refractivity contribution in [1.82, 2.24) is 35.7 Å². The van der Waals surface area contributed by atoms with Crippen molar-refractivity contribution in [2.75, 3.05) is 13.2 Å². The Morgan fingerprint density at radius 1 is 0.942 bits per heavy atom. The number of aromatic nitrogens is 4. The molecule has 0 bridgehead atoms. The fraction of sp³-hybridized carbons (Fsp3) is 0.513. The number of nitrogens with one attached hydrogen (secondary N) is 2. The minimum atomic E-state index is -1.23. The van der Waals surface area contributed by atoms with E-state index < -0.39 is 41.6 Å². The summed E-state index contributed by atoms with van der Waals surface area (Å²) in [5.41, 5.74) is 0.608. The molecule has 5 atom stereocenters. The van der Waals surface area contributed by atoms with Crippen LogP contribution in [0.1, 0.15) is 82.2 Å². The van der Waals surface area contributed by atoms with Gasteiger partial charge in [-0.2, -0.15) is 4.80 Å². The van der Waals surface area contributed by atoms with Crippen molar-refractivity contribution < 1.29 is 28.7 Å². The third-order valence-corrected chi connectivity index (χ3v) is 10.7. The SMILES string of the molecule is O=C(N[C@H]1CCCCCC=CC2C[C@@]2(C(=O)OCCc2ccccc2)NC(=O)[C@@H]2C[C@@H](n3nnc(-c4ccccc4)n3)CN2C1=O)OC1CCCC1. The molecule has 13 nitrogen and oxygen atoms in total. The smallest absolute Gasteiger partial charge is 0.408 e. The van der Waals surface area contributed by atoms with E-state index in [1.807, 2.05) is 66.7 Å². The summed E-state index contributed by atoms with van der Waals surface area (Å²) in [5, 5.41) is 19.1. The van der Waals surface area contributed by atoms with Crippen molar-refractivity contribution in [1.29, 1.82) is 0 Å². The van der Waals surface area contributed by atoms with E-state index in [-0.39, 0.29) is 37.5 Å². The van der Waals surface area contributed by atoms with Gasteiger partial charge in [-0.15, -0.1) is 10.2 Å². The number of carbonyl (C=O) groups excluding carboxylic acids is 4. The minimum absolute atomic E-state index is 0.120. The first-order valence-corrected chi connectivity index (χ1v) is 18.7. The lowest BCUT2D eigenvalue weighted by atomic mass is 10.0. The molecular formula is C39H47N7O6. The molecule has 2 aliphatic heterocycles. The maximum atomic E-state index is 14.5. The van der Waals surface area contributed by atoms with Gasteiger partial charge in [0.2, 0.25) is 17.6 Å². The highest BCUT2D eigenvalue weighted by Crippen LogP contribution is 2.46. The van der Waals surface area contributed by atoms with E-state index >= 15 is 0 Å². The maximum Gasteiger partial charge on any atom is 0.408 e. The van der Waals surface area contributed by atoms with Gasteiger partial charge in [-0.05, 0) is 62.1 Å². The Morgan fingerprint density at radius 3 is 2.48 bits per heavy atom. The van der Waals surface area contributed by atoms with Gasteiger partial charge in [0.05, 0.1) is 12.6 Å². The van der Waals surface area contributed by atoms with Crippen molar-refractivity contribution in [3.05, 3.63) is 78.4 Å². The van der Waals surface area contributed by atoms with Crippen molar-refractivity contribution in [3.63, 3.8) is 0 Å². The lowest BCUT2D eigenvalue weighted by Crippen LogP contribution is -2.56. The molecule has 1 unspecified atom stereocenters. The van der Waals surface area contributed by atoms with E-state index in [0.717, 1.165) is 56.1 Å². The maximum absolute atomic E-state index is 14.5. The normalized spacial score (nSPS) is 26.7. The summed E-state index contributed by atoms with van der Waals surface area (Å²) in [6.07, 6.45) is 11.7. The number of hydrogen-bond donors (Lipinski definition) is 2. The highest BCUT2D eigenvalue weighted by atomic mass is 16.6. The average molecular weight is 710 g/mol. The molecule has 3 aromatic rings. The van der Waals surface area contributed by atoms with Crippen LogP contribution in [0, 0.1) is 5.92 Å². The number of hydrogen-bond acceptors (Lipinski definition) is 9. The fourth-order valence-electron chi connectivity index (χ4n) is 7.68. The molecule has 1 aromatic heterocycles. The van der Waals surface area contributed by atoms with E-state index in [0.29, 0.717) is 31.5 Å². The number of amides is 3. The predicted molar refractivity (Wildman–Crippen MR) is 190 cm³/mol. The number of esters is 1. The van der Waals surface area contributed by atoms with E-state index in [4.69, 9.17) is 9.47 Å². The first-order valence-electron chi connectivity index (χ1n) is 18.7. The molecule has 274 valence electrons. The van der Waals surface area contributed by atoms with Crippen LogP contribution in [0.15, 0.2) is 72.8 Å². The van der Waals surface area contributed by atoms with Gasteiger partial charge in [-0.1, -0.05) is 85.7 Å². The third kappa shape index (κ3) is 8.18. The predicted octanol–water partition coefficient (Wildman–Crippen LogP) is 4.70. The van der Waals surface area contributed by atoms with Crippen LogP contribution in [0.2, 0.25) is 0 Å². The van der Waals surface area contributed by atoms with E-state index in [1.165, 1.54) is 9.70 Å². The molecule has 3 heterocycles. The summed E-state index contributed by atoms with van der Waals surface area (Å²) in [4.78, 5) is 58.6. The minimum Gasteiger partial charge on any atom is -0.464 e. The van der Waals surface area contributed by atoms with Crippen molar-refractivity contribution in [3.8, 4) is 11.4 Å². The van der Waals surface area contributed by atoms with Crippen molar-refractivity contribution in [2.24, 2.45) is 5.92 Å². The number of carbonyl (C=O) groups is 4. The third-order valence-electron chi connectivity index (χ3n) is 10.7. The summed E-state index contributed by atoms with van der Waals surface area (Å²) in [6.45, 7) is 0.300. The molecule has 3 fully saturated rings. The second-order valence-corrected chi connectivity index (χ2v) is 14.4. The summed E-state index contributed by atoms with van der Waals surface area (Å²) >= 11 is 0. The lowest BCUT2D eigenvalue weighted by Gasteiger charge is -2.30. The number of nitrogens with zero attached hydrogens (tertiary/aromatic N) is 5. The van der Waals surface area contributed by atoms with Crippen LogP contribution in [-0.2, 0) is 30.3 Å². The van der Waals surface area contributed by atoms with Gasteiger partial charge in [0, 0.05) is 30.9 Å². The zero-order valence-electron chi connectivity index (χ0n) is 29.4. The van der Waals surface area contributed by atoms with Crippen LogP contribution in [-0.4, -0.2) is 85.9 Å². The van der Waals surface area contributed by atoms with Crippen molar-refractivity contribution >= 4 is 23.9 Å². The molecule has 2 aromatic carbocycles. The van der Waals surface area contributed by atoms with Gasteiger partial charge in [0.25, 0.3) is 0 Å². The highest BCUT2D eigenvalue weighted by molar-refractivity contribution is 5.96. The Kier molecular flexibility index (Phi) is 10.9. The van der Waals surface area contributed by atoms with Gasteiger partial charge in [0.1, 0.15) is 23.7 Å². The summed E-state index contributed by atoms with van der Waals surface area (Å²) in [7, 11) is 0. The zero-order chi connectivity index (χ0) is 35.9. The Morgan fingerprint density at radius 2 is 1.69 bits per heavy atom. The first-order chi connectivity index (χ1) is 25.4. The van der Waals surface area contributed by atoms with Gasteiger partial charge in [-0.3, -0.25) is 9.59 Å². The van der Waals surface area contributed by atoms with Crippen LogP contribution in [0.3, 0.4) is 0 Å². The van der Waals surface area contributed by atoms with Gasteiger partial charge < -0.3 is 25.0 Å². The Hall–Kier alpha value is -5.07. The monoisotopic (exact) mass is 709 g/mol. The van der Waals surface area contributed by atoms with E-state index in [9.17, 15) is 19.2 Å². The van der Waals surface area contributed by atoms with Gasteiger partial charge in [0.15, 0.2) is 0 Å². The number of ether oxygens (including phenoxy) is 2. The van der Waals surface area contributed by atoms with Crippen LogP contribution in [0.5, 0.6) is 0 Å². The molecule has 3 amide bonds. The lowest BCUT2D eigenvalue weighted by molar-refractivity contribution is -0.150. The molecule has 1 saturated heterocycles. The number of benzene rings is 2. The van der Waals surface area contributed by atoms with Crippen LogP contribution in [0.4, 0.5) is 4.79 Å². The second-order valence-electron chi connectivity index (χ2n) is 14.4. The van der Waals surface area contributed by atoms with Crippen LogP contribution < -0.4 is 10.6 Å². The number of fused-ring (bicyclic) bond motifs is 2. The average Bonchev–Trinajstić information content (AvgIpc) is 3.64. The molecule has 4 aliphatic rings. The number of allylic oxidation sites excluding steroid dienone is 1. The van der Waals surface area contributed by atoms with Crippen molar-refractivity contribution in [2.45, 2.75) is 107 Å². The van der Waals surface area contributed by atoms with E-state index in [2.05, 4.69) is 32.1 Å². The molecule has 0 spiro atoms. The summed E-state index contributed by atoms with van der Waals surface area (Å²) in [5.74, 6) is -1.12. The Bertz CT molecular complexity index is 1740. The molecule has 0 radical (unpaired) electrons. The molecule has 52 heavy (non-hydrogen) atoms. The molecule has 2 aliphatic carbocycles. The Labute approximate surface area is 303 Å². The van der Waals surface area contributed by atoms with E-state index in [1.54, 1.807) is 0 Å². The van der Waals surface area contributed by atoms with Gasteiger partial charge in [-0.25, -0.2) is 9.59 Å². The number of rotatable bonds is 8. The standard InChI is InChI=1S/C39H47N7O6/c47-35-33-24-30(46-43-34(42-44-46)28-16-8-5-9-17-28)26-45(33)36(48)32(40-38(50)52-31-19-12-13-20-31)21-11-3-1-2-10-18-29-25-39(29,41-35)37(49)51-23-22-27-14-6-4-7-15-27/h4-10,14-18,29-33H,1-3,11-13,19-26H2,(H,40,50)(H,41,47)/t29?,30-,32+,33+,39-/m1/s1. The quantitative estimate of drug-likeness (QED) is 0.250. The topological polar surface area (TPSA) is 158 Å². The largest absolute Gasteiger partial charge is 0.464 e. The zero-order valence-corrected chi connectivity index (χ0v) is 29.4. The summed E-state index contributed by atoms with van der Waals surface area (Å²) in [6, 6.07) is 16.9. The highest BCUT2D eigenvalue weighted by Gasteiger charge is 2.62. The van der Waals surface area contributed by atoms with Gasteiger partial charge >= 0.3 is 12.1 Å². The Balaban J connectivity index is 1.13. The summed E-state index contributed by atoms with van der Waals surface area (Å²) < 4.78 is 11.5. The molecule has 7 rings (SSSR count). The molecule has 13 heteroatoms. The van der Waals surface area contributed by atoms with Crippen LogP contribution >= 0.6 is 0 Å².